The molecule has 28 heavy (non-hydrogen) atoms. The van der Waals surface area contributed by atoms with E-state index in [0.717, 1.165) is 21.9 Å². The van der Waals surface area contributed by atoms with Gasteiger partial charge < -0.3 is 10.1 Å². The van der Waals surface area contributed by atoms with Crippen LogP contribution >= 0.6 is 11.3 Å². The van der Waals surface area contributed by atoms with Crippen LogP contribution in [-0.4, -0.2) is 23.0 Å². The Hall–Kier alpha value is -3.51. The molecule has 138 valence electrons. The number of benzene rings is 2. The third-order valence-corrected chi connectivity index (χ3v) is 5.06. The number of anilines is 1. The second-order valence-corrected chi connectivity index (χ2v) is 6.93. The zero-order chi connectivity index (χ0) is 19.3. The van der Waals surface area contributed by atoms with Crippen molar-refractivity contribution in [1.82, 2.24) is 9.97 Å². The van der Waals surface area contributed by atoms with E-state index in [1.54, 1.807) is 36.8 Å². The highest BCUT2D eigenvalue weighted by Crippen LogP contribution is 2.31. The number of hydrogen-bond donors (Lipinski definition) is 1. The molecule has 6 heteroatoms. The van der Waals surface area contributed by atoms with E-state index in [1.807, 2.05) is 60.0 Å². The number of nitrogens with one attached hydrogen (secondary N) is 1. The normalized spacial score (nSPS) is 10.5. The first-order chi connectivity index (χ1) is 13.7. The summed E-state index contributed by atoms with van der Waals surface area (Å²) in [6, 6.07) is 20.6. The summed E-state index contributed by atoms with van der Waals surface area (Å²) in [5, 5.41) is 4.86. The Labute approximate surface area is 166 Å². The Bertz CT molecular complexity index is 1080. The average molecular weight is 387 g/mol. The number of rotatable bonds is 5. The fourth-order valence-electron chi connectivity index (χ4n) is 2.74. The summed E-state index contributed by atoms with van der Waals surface area (Å²) in [5.74, 6) is 1.00. The zero-order valence-corrected chi connectivity index (χ0v) is 15.9. The van der Waals surface area contributed by atoms with E-state index < -0.39 is 0 Å². The Morgan fingerprint density at radius 1 is 1.00 bits per heavy atom. The molecule has 0 spiro atoms. The number of amides is 1. The molecule has 2 heterocycles. The van der Waals surface area contributed by atoms with Gasteiger partial charge in [0.15, 0.2) is 5.82 Å². The molecule has 2 aromatic heterocycles. The maximum atomic E-state index is 12.6. The first kappa shape index (κ1) is 17.9. The lowest BCUT2D eigenvalue weighted by atomic mass is 10.1. The van der Waals surface area contributed by atoms with Crippen molar-refractivity contribution in [3.05, 3.63) is 83.9 Å². The van der Waals surface area contributed by atoms with Crippen LogP contribution in [0.25, 0.3) is 21.8 Å². The molecular weight excluding hydrogens is 370 g/mol. The van der Waals surface area contributed by atoms with E-state index in [4.69, 9.17) is 9.72 Å². The van der Waals surface area contributed by atoms with Crippen molar-refractivity contribution in [2.75, 3.05) is 12.4 Å². The van der Waals surface area contributed by atoms with Gasteiger partial charge in [-0.1, -0.05) is 24.3 Å². The maximum absolute atomic E-state index is 12.6. The van der Waals surface area contributed by atoms with Gasteiger partial charge in [-0.05, 0) is 47.8 Å². The van der Waals surface area contributed by atoms with Crippen molar-refractivity contribution in [3.63, 3.8) is 0 Å². The van der Waals surface area contributed by atoms with Gasteiger partial charge in [-0.2, -0.15) is 0 Å². The monoisotopic (exact) mass is 387 g/mol. The van der Waals surface area contributed by atoms with Crippen molar-refractivity contribution < 1.29 is 9.53 Å². The topological polar surface area (TPSA) is 64.1 Å². The average Bonchev–Trinajstić information content (AvgIpc) is 3.29. The molecular formula is C22H17N3O2S. The predicted octanol–water partition coefficient (Wildman–Crippen LogP) is 5.13. The Morgan fingerprint density at radius 3 is 2.46 bits per heavy atom. The van der Waals surface area contributed by atoms with Crippen LogP contribution in [0.5, 0.6) is 5.75 Å². The van der Waals surface area contributed by atoms with Gasteiger partial charge in [-0.25, -0.2) is 9.97 Å². The number of aromatic nitrogens is 2. The standard InChI is InChI=1S/C22H17N3O2S/c1-27-17-11-9-15(10-12-17)18-14-23-21(20(24-18)19-8-5-13-28-19)25-22(26)16-6-3-2-4-7-16/h2-14H,1H3,(H,23,25,26). The molecule has 0 fully saturated rings. The summed E-state index contributed by atoms with van der Waals surface area (Å²) in [6.07, 6.45) is 1.67. The minimum Gasteiger partial charge on any atom is -0.497 e. The molecule has 0 atom stereocenters. The molecule has 0 saturated heterocycles. The molecule has 4 rings (SSSR count). The van der Waals surface area contributed by atoms with Gasteiger partial charge in [0, 0.05) is 11.1 Å². The number of ether oxygens (including phenoxy) is 1. The number of nitrogens with zero attached hydrogens (tertiary/aromatic N) is 2. The van der Waals surface area contributed by atoms with E-state index in [9.17, 15) is 4.79 Å². The summed E-state index contributed by atoms with van der Waals surface area (Å²) in [6.45, 7) is 0. The highest BCUT2D eigenvalue weighted by Gasteiger charge is 2.15. The lowest BCUT2D eigenvalue weighted by molar-refractivity contribution is 0.102. The zero-order valence-electron chi connectivity index (χ0n) is 15.1. The van der Waals surface area contributed by atoms with Gasteiger partial charge in [0.05, 0.1) is 23.9 Å². The van der Waals surface area contributed by atoms with Crippen LogP contribution in [0, 0.1) is 0 Å². The van der Waals surface area contributed by atoms with Crippen molar-refractivity contribution >= 4 is 23.1 Å². The van der Waals surface area contributed by atoms with E-state index in [-0.39, 0.29) is 5.91 Å². The summed E-state index contributed by atoms with van der Waals surface area (Å²) in [4.78, 5) is 22.8. The van der Waals surface area contributed by atoms with Crippen LogP contribution in [0.3, 0.4) is 0 Å². The van der Waals surface area contributed by atoms with Crippen LogP contribution in [0.1, 0.15) is 10.4 Å². The van der Waals surface area contributed by atoms with Gasteiger partial charge in [0.1, 0.15) is 11.4 Å². The summed E-state index contributed by atoms with van der Waals surface area (Å²) >= 11 is 1.55. The van der Waals surface area contributed by atoms with Gasteiger partial charge >= 0.3 is 0 Å². The van der Waals surface area contributed by atoms with Crippen molar-refractivity contribution in [2.45, 2.75) is 0 Å². The first-order valence-electron chi connectivity index (χ1n) is 8.66. The molecule has 0 aliphatic rings. The SMILES string of the molecule is COc1ccc(-c2cnc(NC(=O)c3ccccc3)c(-c3cccs3)n2)cc1. The fourth-order valence-corrected chi connectivity index (χ4v) is 3.45. The van der Waals surface area contributed by atoms with E-state index in [1.165, 1.54) is 0 Å². The molecule has 4 aromatic rings. The third kappa shape index (κ3) is 3.77. The van der Waals surface area contributed by atoms with E-state index >= 15 is 0 Å². The van der Waals surface area contributed by atoms with Crippen molar-refractivity contribution in [3.8, 4) is 27.6 Å². The van der Waals surface area contributed by atoms with Crippen molar-refractivity contribution in [1.29, 1.82) is 0 Å². The highest BCUT2D eigenvalue weighted by atomic mass is 32.1. The second kappa shape index (κ2) is 8.02. The first-order valence-corrected chi connectivity index (χ1v) is 9.54. The van der Waals surface area contributed by atoms with Gasteiger partial charge in [0.2, 0.25) is 0 Å². The lowest BCUT2D eigenvalue weighted by Crippen LogP contribution is -2.14. The lowest BCUT2D eigenvalue weighted by Gasteiger charge is -2.11. The van der Waals surface area contributed by atoms with Gasteiger partial charge in [-0.3, -0.25) is 4.79 Å². The number of carbonyl (C=O) groups excluding carboxylic acids is 1. The van der Waals surface area contributed by atoms with Gasteiger partial charge in [0.25, 0.3) is 5.91 Å². The predicted molar refractivity (Wildman–Crippen MR) is 112 cm³/mol. The molecule has 2 aromatic carbocycles. The van der Waals surface area contributed by atoms with Crippen LogP contribution < -0.4 is 10.1 Å². The minimum atomic E-state index is -0.218. The molecule has 0 bridgehead atoms. The smallest absolute Gasteiger partial charge is 0.256 e. The molecule has 1 amide bonds. The number of carbonyl (C=O) groups is 1. The number of thiophene rings is 1. The number of hydrogen-bond acceptors (Lipinski definition) is 5. The second-order valence-electron chi connectivity index (χ2n) is 5.98. The van der Waals surface area contributed by atoms with Crippen LogP contribution in [0.15, 0.2) is 78.3 Å². The van der Waals surface area contributed by atoms with Crippen LogP contribution in [0.4, 0.5) is 5.82 Å². The molecule has 0 aliphatic heterocycles. The maximum Gasteiger partial charge on any atom is 0.256 e. The summed E-state index contributed by atoms with van der Waals surface area (Å²) in [7, 11) is 1.63. The molecule has 0 aliphatic carbocycles. The highest BCUT2D eigenvalue weighted by molar-refractivity contribution is 7.13. The molecule has 5 nitrogen and oxygen atoms in total. The van der Waals surface area contributed by atoms with Crippen LogP contribution in [-0.2, 0) is 0 Å². The molecule has 0 unspecified atom stereocenters. The van der Waals surface area contributed by atoms with Crippen LogP contribution in [0.2, 0.25) is 0 Å². The van der Waals surface area contributed by atoms with E-state index in [0.29, 0.717) is 17.1 Å². The summed E-state index contributed by atoms with van der Waals surface area (Å²) < 4.78 is 5.21. The largest absolute Gasteiger partial charge is 0.497 e. The Kier molecular flexibility index (Phi) is 5.12. The minimum absolute atomic E-state index is 0.218. The number of methoxy groups -OCH3 is 1. The quantitative estimate of drug-likeness (QED) is 0.515. The molecule has 0 saturated carbocycles. The third-order valence-electron chi connectivity index (χ3n) is 4.18. The van der Waals surface area contributed by atoms with E-state index in [2.05, 4.69) is 10.3 Å². The van der Waals surface area contributed by atoms with Crippen molar-refractivity contribution in [2.24, 2.45) is 0 Å². The molecule has 0 radical (unpaired) electrons. The summed E-state index contributed by atoms with van der Waals surface area (Å²) in [5.41, 5.74) is 2.86. The Balaban J connectivity index is 1.71. The molecule has 1 N–H and O–H groups in total. The fraction of sp³-hybridized carbons (Fsp3) is 0.0455. The Morgan fingerprint density at radius 2 is 1.79 bits per heavy atom. The van der Waals surface area contributed by atoms with Gasteiger partial charge in [-0.15, -0.1) is 11.3 Å².